The third-order valence-electron chi connectivity index (χ3n) is 3.33. The van der Waals surface area contributed by atoms with Crippen LogP contribution in [0.25, 0.3) is 0 Å². The van der Waals surface area contributed by atoms with Crippen LogP contribution in [0.5, 0.6) is 0 Å². The molecule has 1 atom stereocenters. The second kappa shape index (κ2) is 5.88. The van der Waals surface area contributed by atoms with Gasteiger partial charge in [0.25, 0.3) is 10.0 Å². The third kappa shape index (κ3) is 3.00. The van der Waals surface area contributed by atoms with Crippen LogP contribution in [0.1, 0.15) is 23.8 Å². The first-order chi connectivity index (χ1) is 8.98. The van der Waals surface area contributed by atoms with Gasteiger partial charge in [-0.05, 0) is 25.0 Å². The first-order valence-corrected chi connectivity index (χ1v) is 8.65. The van der Waals surface area contributed by atoms with Gasteiger partial charge < -0.3 is 10.5 Å². The number of rotatable bonds is 4. The van der Waals surface area contributed by atoms with Crippen molar-refractivity contribution in [2.24, 2.45) is 5.73 Å². The van der Waals surface area contributed by atoms with Gasteiger partial charge in [0, 0.05) is 24.5 Å². The molecule has 108 valence electrons. The number of nitrogens with zero attached hydrogens (tertiary/aromatic N) is 1. The molecule has 19 heavy (non-hydrogen) atoms. The Labute approximate surface area is 118 Å². The molecule has 1 aliphatic heterocycles. The summed E-state index contributed by atoms with van der Waals surface area (Å²) in [5, 5.41) is 0. The molecule has 1 aromatic heterocycles. The van der Waals surface area contributed by atoms with Gasteiger partial charge >= 0.3 is 0 Å². The van der Waals surface area contributed by atoms with Crippen LogP contribution >= 0.6 is 11.3 Å². The highest BCUT2D eigenvalue weighted by atomic mass is 32.2. The molecule has 1 unspecified atom stereocenters. The van der Waals surface area contributed by atoms with E-state index in [1.807, 2.05) is 13.8 Å². The van der Waals surface area contributed by atoms with E-state index in [-0.39, 0.29) is 6.10 Å². The smallest absolute Gasteiger partial charge is 0.252 e. The van der Waals surface area contributed by atoms with E-state index in [1.54, 1.807) is 6.07 Å². The Morgan fingerprint density at radius 3 is 2.89 bits per heavy atom. The standard InChI is InChI=1S/C12H20N2O3S2/c1-3-10-8-14(4-5-17-10)19(15,16)12-6-9(2)11(7-13)18-12/h6,10H,3-5,7-8,13H2,1-2H3. The number of hydrogen-bond donors (Lipinski definition) is 1. The Bertz CT molecular complexity index is 539. The zero-order valence-electron chi connectivity index (χ0n) is 11.3. The number of nitrogens with two attached hydrogens (primary N) is 1. The van der Waals surface area contributed by atoms with Gasteiger partial charge in [0.15, 0.2) is 0 Å². The summed E-state index contributed by atoms with van der Waals surface area (Å²) in [6.45, 7) is 5.61. The maximum Gasteiger partial charge on any atom is 0.252 e. The molecule has 2 heterocycles. The minimum atomic E-state index is -3.40. The topological polar surface area (TPSA) is 72.6 Å². The molecule has 0 amide bonds. The molecule has 2 rings (SSSR count). The van der Waals surface area contributed by atoms with E-state index in [0.29, 0.717) is 30.5 Å². The third-order valence-corrected chi connectivity index (χ3v) is 6.91. The fourth-order valence-electron chi connectivity index (χ4n) is 2.10. The molecular weight excluding hydrogens is 284 g/mol. The summed E-state index contributed by atoms with van der Waals surface area (Å²) in [5.74, 6) is 0. The number of sulfonamides is 1. The Morgan fingerprint density at radius 2 is 2.32 bits per heavy atom. The van der Waals surface area contributed by atoms with Crippen molar-refractivity contribution in [2.45, 2.75) is 37.1 Å². The van der Waals surface area contributed by atoms with Crippen molar-refractivity contribution in [2.75, 3.05) is 19.7 Å². The highest BCUT2D eigenvalue weighted by Gasteiger charge is 2.31. The van der Waals surface area contributed by atoms with Crippen molar-refractivity contribution < 1.29 is 13.2 Å². The van der Waals surface area contributed by atoms with E-state index in [2.05, 4.69) is 0 Å². The summed E-state index contributed by atoms with van der Waals surface area (Å²) in [6, 6.07) is 1.72. The van der Waals surface area contributed by atoms with Gasteiger partial charge in [0.2, 0.25) is 0 Å². The van der Waals surface area contributed by atoms with E-state index in [9.17, 15) is 8.42 Å². The van der Waals surface area contributed by atoms with Crippen molar-refractivity contribution in [3.8, 4) is 0 Å². The zero-order chi connectivity index (χ0) is 14.0. The second-order valence-corrected chi connectivity index (χ2v) is 7.94. The normalized spacial score (nSPS) is 21.7. The van der Waals surface area contributed by atoms with Crippen LogP contribution in [0.4, 0.5) is 0 Å². The highest BCUT2D eigenvalue weighted by Crippen LogP contribution is 2.29. The number of morpholine rings is 1. The lowest BCUT2D eigenvalue weighted by molar-refractivity contribution is -0.00272. The molecule has 7 heteroatoms. The first kappa shape index (κ1) is 14.9. The lowest BCUT2D eigenvalue weighted by Crippen LogP contribution is -2.45. The summed E-state index contributed by atoms with van der Waals surface area (Å²) < 4.78 is 32.6. The number of thiophene rings is 1. The molecule has 1 fully saturated rings. The van der Waals surface area contributed by atoms with Crippen LogP contribution in [-0.2, 0) is 21.3 Å². The van der Waals surface area contributed by atoms with E-state index < -0.39 is 10.0 Å². The maximum atomic E-state index is 12.6. The Hall–Kier alpha value is -0.470. The molecule has 1 aromatic rings. The predicted molar refractivity (Wildman–Crippen MR) is 75.7 cm³/mol. The van der Waals surface area contributed by atoms with Crippen molar-refractivity contribution in [1.29, 1.82) is 0 Å². The van der Waals surface area contributed by atoms with Crippen LogP contribution in [0.15, 0.2) is 10.3 Å². The minimum Gasteiger partial charge on any atom is -0.375 e. The van der Waals surface area contributed by atoms with Gasteiger partial charge in [0.05, 0.1) is 12.7 Å². The Balaban J connectivity index is 2.25. The lowest BCUT2D eigenvalue weighted by Gasteiger charge is -2.31. The Kier molecular flexibility index (Phi) is 4.62. The molecule has 0 radical (unpaired) electrons. The molecule has 0 aromatic carbocycles. The van der Waals surface area contributed by atoms with Crippen LogP contribution in [0.3, 0.4) is 0 Å². The minimum absolute atomic E-state index is 0.00133. The van der Waals surface area contributed by atoms with Crippen LogP contribution in [0.2, 0.25) is 0 Å². The van der Waals surface area contributed by atoms with E-state index in [4.69, 9.17) is 10.5 Å². The quantitative estimate of drug-likeness (QED) is 0.910. The summed E-state index contributed by atoms with van der Waals surface area (Å²) >= 11 is 1.27. The predicted octanol–water partition coefficient (Wildman–Crippen LogP) is 1.31. The second-order valence-electron chi connectivity index (χ2n) is 4.64. The van der Waals surface area contributed by atoms with Gasteiger partial charge in [-0.15, -0.1) is 11.3 Å². The molecule has 0 bridgehead atoms. The lowest BCUT2D eigenvalue weighted by atomic mass is 10.2. The molecule has 1 aliphatic rings. The van der Waals surface area contributed by atoms with Crippen molar-refractivity contribution in [3.63, 3.8) is 0 Å². The van der Waals surface area contributed by atoms with Crippen LogP contribution in [-0.4, -0.2) is 38.5 Å². The summed E-state index contributed by atoms with van der Waals surface area (Å²) in [5.41, 5.74) is 6.56. The van der Waals surface area contributed by atoms with Gasteiger partial charge in [-0.25, -0.2) is 8.42 Å². The zero-order valence-corrected chi connectivity index (χ0v) is 12.9. The number of aryl methyl sites for hydroxylation is 1. The number of ether oxygens (including phenoxy) is 1. The van der Waals surface area contributed by atoms with Crippen molar-refractivity contribution in [1.82, 2.24) is 4.31 Å². The van der Waals surface area contributed by atoms with Gasteiger partial charge in [-0.2, -0.15) is 4.31 Å². The molecule has 0 saturated carbocycles. The number of hydrogen-bond acceptors (Lipinski definition) is 5. The van der Waals surface area contributed by atoms with E-state index in [1.165, 1.54) is 15.6 Å². The maximum absolute atomic E-state index is 12.6. The SMILES string of the molecule is CCC1CN(S(=O)(=O)c2cc(C)c(CN)s2)CCO1. The van der Waals surface area contributed by atoms with Crippen molar-refractivity contribution >= 4 is 21.4 Å². The van der Waals surface area contributed by atoms with Crippen LogP contribution < -0.4 is 5.73 Å². The largest absolute Gasteiger partial charge is 0.375 e. The molecule has 0 aliphatic carbocycles. The van der Waals surface area contributed by atoms with Crippen molar-refractivity contribution in [3.05, 3.63) is 16.5 Å². The average molecular weight is 304 g/mol. The van der Waals surface area contributed by atoms with Gasteiger partial charge in [0.1, 0.15) is 4.21 Å². The summed E-state index contributed by atoms with van der Waals surface area (Å²) in [6.07, 6.45) is 0.822. The molecule has 2 N–H and O–H groups in total. The molecule has 1 saturated heterocycles. The monoisotopic (exact) mass is 304 g/mol. The fourth-order valence-corrected chi connectivity index (χ4v) is 5.18. The fraction of sp³-hybridized carbons (Fsp3) is 0.667. The molecular formula is C12H20N2O3S2. The van der Waals surface area contributed by atoms with Crippen LogP contribution in [0, 0.1) is 6.92 Å². The molecule has 0 spiro atoms. The summed E-state index contributed by atoms with van der Waals surface area (Å²) in [7, 11) is -3.40. The highest BCUT2D eigenvalue weighted by molar-refractivity contribution is 7.91. The average Bonchev–Trinajstić information content (AvgIpc) is 2.80. The Morgan fingerprint density at radius 1 is 1.58 bits per heavy atom. The van der Waals surface area contributed by atoms with E-state index >= 15 is 0 Å². The van der Waals surface area contributed by atoms with Gasteiger partial charge in [-0.3, -0.25) is 0 Å². The molecule has 5 nitrogen and oxygen atoms in total. The van der Waals surface area contributed by atoms with E-state index in [0.717, 1.165) is 16.9 Å². The summed E-state index contributed by atoms with van der Waals surface area (Å²) in [4.78, 5) is 0.930. The first-order valence-electron chi connectivity index (χ1n) is 6.40. The van der Waals surface area contributed by atoms with Gasteiger partial charge in [-0.1, -0.05) is 6.92 Å².